The summed E-state index contributed by atoms with van der Waals surface area (Å²) in [7, 11) is 0. The Labute approximate surface area is 131 Å². The van der Waals surface area contributed by atoms with E-state index in [1.54, 1.807) is 15.8 Å². The average molecular weight is 320 g/mol. The van der Waals surface area contributed by atoms with Gasteiger partial charge in [-0.05, 0) is 12.8 Å². The van der Waals surface area contributed by atoms with Gasteiger partial charge in [0.05, 0.1) is 24.5 Å². The second-order valence-corrected chi connectivity index (χ2v) is 5.78. The van der Waals surface area contributed by atoms with Gasteiger partial charge in [0.15, 0.2) is 0 Å². The van der Waals surface area contributed by atoms with Gasteiger partial charge in [-0.15, -0.1) is 11.3 Å². The van der Waals surface area contributed by atoms with Crippen molar-refractivity contribution in [2.75, 3.05) is 19.7 Å². The van der Waals surface area contributed by atoms with E-state index in [9.17, 15) is 9.59 Å². The van der Waals surface area contributed by atoms with E-state index in [1.165, 1.54) is 23.7 Å². The van der Waals surface area contributed by atoms with Crippen molar-refractivity contribution in [1.82, 2.24) is 19.9 Å². The van der Waals surface area contributed by atoms with Crippen molar-refractivity contribution in [2.24, 2.45) is 0 Å². The monoisotopic (exact) mass is 320 g/mol. The molecule has 1 fully saturated rings. The molecule has 22 heavy (non-hydrogen) atoms. The number of aryl methyl sites for hydroxylation is 1. The summed E-state index contributed by atoms with van der Waals surface area (Å²) >= 11 is 1.41. The average Bonchev–Trinajstić information content (AvgIpc) is 3.07. The minimum atomic E-state index is -0.158. The van der Waals surface area contributed by atoms with Crippen LogP contribution in [0.5, 0.6) is 0 Å². The van der Waals surface area contributed by atoms with E-state index in [2.05, 4.69) is 15.0 Å². The van der Waals surface area contributed by atoms with Crippen LogP contribution in [0.3, 0.4) is 0 Å². The number of carbonyl (C=O) groups excluding carboxylic acids is 1. The number of nitrogens with one attached hydrogen (secondary N) is 1. The molecule has 2 aromatic heterocycles. The maximum atomic E-state index is 12.3. The van der Waals surface area contributed by atoms with E-state index in [1.807, 2.05) is 0 Å². The van der Waals surface area contributed by atoms with E-state index in [-0.39, 0.29) is 17.6 Å². The van der Waals surface area contributed by atoms with Gasteiger partial charge in [0.25, 0.3) is 11.5 Å². The van der Waals surface area contributed by atoms with Gasteiger partial charge in [0.2, 0.25) is 0 Å². The summed E-state index contributed by atoms with van der Waals surface area (Å²) in [5.74, 6) is -0.0520. The molecule has 0 bridgehead atoms. The first-order chi connectivity index (χ1) is 10.7. The fraction of sp³-hybridized carbons (Fsp3) is 0.429. The molecule has 0 aliphatic carbocycles. The fourth-order valence-electron chi connectivity index (χ4n) is 2.41. The lowest BCUT2D eigenvalue weighted by Crippen LogP contribution is -2.45. The largest absolute Gasteiger partial charge is 0.375 e. The third-order valence-electron chi connectivity index (χ3n) is 3.53. The lowest BCUT2D eigenvalue weighted by molar-refractivity contribution is -0.0248. The Hall–Kier alpha value is -2.06. The molecule has 1 atom stereocenters. The van der Waals surface area contributed by atoms with Crippen molar-refractivity contribution in [3.05, 3.63) is 45.0 Å². The van der Waals surface area contributed by atoms with Crippen LogP contribution in [0.4, 0.5) is 0 Å². The SMILES string of the molecule is O=C(c1cscn1)N1CCOC(CCc2cc(=O)[nH]cn2)C1. The highest BCUT2D eigenvalue weighted by Crippen LogP contribution is 2.14. The summed E-state index contributed by atoms with van der Waals surface area (Å²) in [4.78, 5) is 35.9. The van der Waals surface area contributed by atoms with Gasteiger partial charge >= 0.3 is 0 Å². The number of thiazole rings is 1. The third-order valence-corrected chi connectivity index (χ3v) is 4.12. The summed E-state index contributed by atoms with van der Waals surface area (Å²) in [6.45, 7) is 1.64. The zero-order valence-electron chi connectivity index (χ0n) is 11.9. The second-order valence-electron chi connectivity index (χ2n) is 5.06. The summed E-state index contributed by atoms with van der Waals surface area (Å²) in [6.07, 6.45) is 2.72. The standard InChI is InChI=1S/C14H16N4O3S/c19-13-5-10(15-8-16-13)1-2-11-6-18(3-4-21-11)14(20)12-7-22-9-17-12/h5,7-9,11H,1-4,6H2,(H,15,16,19). The van der Waals surface area contributed by atoms with E-state index >= 15 is 0 Å². The van der Waals surface area contributed by atoms with Crippen LogP contribution in [0, 0.1) is 0 Å². The van der Waals surface area contributed by atoms with Gasteiger partial charge in [-0.3, -0.25) is 9.59 Å². The third kappa shape index (κ3) is 3.58. The molecule has 2 aromatic rings. The molecule has 0 spiro atoms. The Kier molecular flexibility index (Phi) is 4.59. The molecular formula is C14H16N4O3S. The topological polar surface area (TPSA) is 88.2 Å². The first-order valence-corrected chi connectivity index (χ1v) is 7.99. The van der Waals surface area contributed by atoms with E-state index < -0.39 is 0 Å². The maximum Gasteiger partial charge on any atom is 0.273 e. The number of aromatic amines is 1. The number of rotatable bonds is 4. The zero-order chi connectivity index (χ0) is 15.4. The Morgan fingerprint density at radius 2 is 2.41 bits per heavy atom. The highest BCUT2D eigenvalue weighted by molar-refractivity contribution is 7.07. The molecule has 0 saturated carbocycles. The van der Waals surface area contributed by atoms with E-state index in [0.717, 1.165) is 12.1 Å². The molecule has 0 radical (unpaired) electrons. The lowest BCUT2D eigenvalue weighted by Gasteiger charge is -2.32. The summed E-state index contributed by atoms with van der Waals surface area (Å²) in [6, 6.07) is 1.49. The number of morpholine rings is 1. The molecule has 1 unspecified atom stereocenters. The molecule has 1 aliphatic heterocycles. The van der Waals surface area contributed by atoms with Gasteiger partial charge in [-0.2, -0.15) is 0 Å². The predicted molar refractivity (Wildman–Crippen MR) is 80.9 cm³/mol. The summed E-state index contributed by atoms with van der Waals surface area (Å²) < 4.78 is 5.70. The summed E-state index contributed by atoms with van der Waals surface area (Å²) in [5, 5.41) is 1.76. The fourth-order valence-corrected chi connectivity index (χ4v) is 2.94. The number of aromatic nitrogens is 3. The van der Waals surface area contributed by atoms with Crippen molar-refractivity contribution >= 4 is 17.2 Å². The molecule has 0 aromatic carbocycles. The molecule has 1 aliphatic rings. The molecule has 8 heteroatoms. The first kappa shape index (κ1) is 14.9. The number of ether oxygens (including phenoxy) is 1. The van der Waals surface area contributed by atoms with Crippen molar-refractivity contribution in [3.63, 3.8) is 0 Å². The van der Waals surface area contributed by atoms with Crippen LogP contribution in [0.2, 0.25) is 0 Å². The minimum absolute atomic E-state index is 0.0441. The van der Waals surface area contributed by atoms with E-state index in [0.29, 0.717) is 31.8 Å². The molecule has 1 amide bonds. The number of hydrogen-bond acceptors (Lipinski definition) is 6. The highest BCUT2D eigenvalue weighted by atomic mass is 32.1. The van der Waals surface area contributed by atoms with Gasteiger partial charge in [-0.1, -0.05) is 0 Å². The predicted octanol–water partition coefficient (Wildman–Crippen LogP) is 0.700. The van der Waals surface area contributed by atoms with Gasteiger partial charge in [0, 0.05) is 30.2 Å². The van der Waals surface area contributed by atoms with Crippen LogP contribution in [-0.4, -0.2) is 51.6 Å². The van der Waals surface area contributed by atoms with Crippen LogP contribution in [0.1, 0.15) is 22.6 Å². The molecule has 7 nitrogen and oxygen atoms in total. The van der Waals surface area contributed by atoms with Crippen LogP contribution < -0.4 is 5.56 Å². The summed E-state index contributed by atoms with van der Waals surface area (Å²) in [5.41, 5.74) is 2.72. The number of nitrogens with zero attached hydrogens (tertiary/aromatic N) is 3. The van der Waals surface area contributed by atoms with E-state index in [4.69, 9.17) is 4.74 Å². The smallest absolute Gasteiger partial charge is 0.273 e. The number of carbonyl (C=O) groups is 1. The van der Waals surface area contributed by atoms with Crippen LogP contribution >= 0.6 is 11.3 Å². The number of hydrogen-bond donors (Lipinski definition) is 1. The second kappa shape index (κ2) is 6.80. The Balaban J connectivity index is 1.56. The van der Waals surface area contributed by atoms with Crippen molar-refractivity contribution in [3.8, 4) is 0 Å². The minimum Gasteiger partial charge on any atom is -0.375 e. The highest BCUT2D eigenvalue weighted by Gasteiger charge is 2.25. The van der Waals surface area contributed by atoms with Crippen LogP contribution in [-0.2, 0) is 11.2 Å². The molecule has 1 saturated heterocycles. The molecule has 1 N–H and O–H groups in total. The van der Waals surface area contributed by atoms with Gasteiger partial charge in [0.1, 0.15) is 5.69 Å². The quantitative estimate of drug-likeness (QED) is 0.896. The van der Waals surface area contributed by atoms with Crippen molar-refractivity contribution < 1.29 is 9.53 Å². The molecule has 116 valence electrons. The Bertz CT molecular complexity index is 685. The van der Waals surface area contributed by atoms with Crippen LogP contribution in [0.25, 0.3) is 0 Å². The number of amides is 1. The number of H-pyrrole nitrogens is 1. The molecule has 3 rings (SSSR count). The van der Waals surface area contributed by atoms with Crippen LogP contribution in [0.15, 0.2) is 28.1 Å². The Morgan fingerprint density at radius 3 is 3.18 bits per heavy atom. The molecule has 3 heterocycles. The van der Waals surface area contributed by atoms with Crippen molar-refractivity contribution in [2.45, 2.75) is 18.9 Å². The van der Waals surface area contributed by atoms with Gasteiger partial charge < -0.3 is 14.6 Å². The zero-order valence-corrected chi connectivity index (χ0v) is 12.7. The maximum absolute atomic E-state index is 12.3. The first-order valence-electron chi connectivity index (χ1n) is 7.05. The Morgan fingerprint density at radius 1 is 1.50 bits per heavy atom. The lowest BCUT2D eigenvalue weighted by atomic mass is 10.1. The van der Waals surface area contributed by atoms with Crippen molar-refractivity contribution in [1.29, 1.82) is 0 Å². The van der Waals surface area contributed by atoms with Gasteiger partial charge in [-0.25, -0.2) is 9.97 Å². The molecular weight excluding hydrogens is 304 g/mol. The normalized spacial score (nSPS) is 18.4.